The summed E-state index contributed by atoms with van der Waals surface area (Å²) in [7, 11) is -4.27. The van der Waals surface area contributed by atoms with Crippen molar-refractivity contribution in [2.75, 3.05) is 5.75 Å². The first-order valence-corrected chi connectivity index (χ1v) is 3.87. The molecule has 0 fully saturated rings. The van der Waals surface area contributed by atoms with Crippen molar-refractivity contribution in [1.29, 1.82) is 0 Å². The van der Waals surface area contributed by atoms with Crippen LogP contribution < -0.4 is 5.73 Å². The summed E-state index contributed by atoms with van der Waals surface area (Å²) in [5, 5.41) is 8.04. The predicted octanol–water partition coefficient (Wildman–Crippen LogP) is -1.29. The van der Waals surface area contributed by atoms with Gasteiger partial charge < -0.3 is 10.8 Å². The van der Waals surface area contributed by atoms with Crippen molar-refractivity contribution in [2.24, 2.45) is 5.73 Å². The first-order chi connectivity index (χ1) is 4.33. The Morgan fingerprint density at radius 1 is 1.55 bits per heavy atom. The van der Waals surface area contributed by atoms with Gasteiger partial charge in [0.2, 0.25) is 0 Å². The number of carbonyl (C=O) groups is 1. The highest BCUT2D eigenvalue weighted by Crippen LogP contribution is 1.86. The molecule has 0 aliphatic carbocycles. The van der Waals surface area contributed by atoms with Crippen LogP contribution in [0.5, 0.6) is 0 Å². The average molecular weight is 206 g/mol. The summed E-state index contributed by atoms with van der Waals surface area (Å²) in [5.41, 5.74) is 4.76. The van der Waals surface area contributed by atoms with Gasteiger partial charge >= 0.3 is 5.97 Å². The zero-order chi connectivity index (χ0) is 8.36. The van der Waals surface area contributed by atoms with Crippen molar-refractivity contribution >= 4 is 28.5 Å². The SMILES string of the molecule is Cl.N[C@@H](CS(=O)(=O)O)C(=O)O. The van der Waals surface area contributed by atoms with Crippen molar-refractivity contribution < 1.29 is 22.9 Å². The van der Waals surface area contributed by atoms with Crippen molar-refractivity contribution in [3.05, 3.63) is 0 Å². The molecule has 0 amide bonds. The smallest absolute Gasteiger partial charge is 0.321 e. The van der Waals surface area contributed by atoms with Gasteiger partial charge in [0.05, 0.1) is 0 Å². The number of rotatable bonds is 3. The zero-order valence-electron chi connectivity index (χ0n) is 5.30. The Kier molecular flexibility index (Phi) is 5.41. The maximum atomic E-state index is 9.96. The summed E-state index contributed by atoms with van der Waals surface area (Å²) in [6.45, 7) is 0. The third-order valence-corrected chi connectivity index (χ3v) is 1.49. The van der Waals surface area contributed by atoms with Crippen LogP contribution in [0.15, 0.2) is 0 Å². The minimum absolute atomic E-state index is 0. The third-order valence-electron chi connectivity index (χ3n) is 0.707. The van der Waals surface area contributed by atoms with E-state index < -0.39 is 27.9 Å². The van der Waals surface area contributed by atoms with E-state index in [1.165, 1.54) is 0 Å². The molecular weight excluding hydrogens is 198 g/mol. The Labute approximate surface area is 69.5 Å². The van der Waals surface area contributed by atoms with Crippen LogP contribution in [0.3, 0.4) is 0 Å². The Hall–Kier alpha value is -0.370. The molecule has 0 bridgehead atoms. The Balaban J connectivity index is 0. The molecule has 0 aromatic rings. The number of carboxylic acids is 1. The molecule has 6 nitrogen and oxygen atoms in total. The van der Waals surface area contributed by atoms with E-state index in [0.717, 1.165) is 0 Å². The van der Waals surface area contributed by atoms with Crippen LogP contribution in [-0.4, -0.2) is 35.8 Å². The topological polar surface area (TPSA) is 118 Å². The largest absolute Gasteiger partial charge is 0.480 e. The second-order valence-electron chi connectivity index (χ2n) is 1.69. The maximum Gasteiger partial charge on any atom is 0.321 e. The maximum absolute atomic E-state index is 9.96. The van der Waals surface area contributed by atoms with Crippen molar-refractivity contribution in [3.63, 3.8) is 0 Å². The molecule has 0 aliphatic rings. The molecule has 0 unspecified atom stereocenters. The summed E-state index contributed by atoms with van der Waals surface area (Å²) in [5.74, 6) is -2.42. The second-order valence-corrected chi connectivity index (χ2v) is 3.19. The molecule has 4 N–H and O–H groups in total. The van der Waals surface area contributed by atoms with E-state index in [1.807, 2.05) is 0 Å². The number of nitrogens with two attached hydrogens (primary N) is 1. The fourth-order valence-electron chi connectivity index (χ4n) is 0.298. The molecule has 0 spiro atoms. The van der Waals surface area contributed by atoms with Crippen LogP contribution in [0.2, 0.25) is 0 Å². The van der Waals surface area contributed by atoms with Gasteiger partial charge in [-0.3, -0.25) is 9.35 Å². The molecule has 11 heavy (non-hydrogen) atoms. The van der Waals surface area contributed by atoms with Crippen LogP contribution in [0.25, 0.3) is 0 Å². The lowest BCUT2D eigenvalue weighted by Gasteiger charge is -2.01. The Bertz CT molecular complexity index is 224. The molecule has 0 aliphatic heterocycles. The van der Waals surface area contributed by atoms with Gasteiger partial charge in [0, 0.05) is 0 Å². The first-order valence-electron chi connectivity index (χ1n) is 2.26. The Morgan fingerprint density at radius 3 is 2.00 bits per heavy atom. The van der Waals surface area contributed by atoms with Crippen LogP contribution in [-0.2, 0) is 14.9 Å². The lowest BCUT2D eigenvalue weighted by atomic mass is 10.4. The van der Waals surface area contributed by atoms with E-state index >= 15 is 0 Å². The van der Waals surface area contributed by atoms with E-state index in [1.54, 1.807) is 0 Å². The molecule has 0 radical (unpaired) electrons. The van der Waals surface area contributed by atoms with E-state index in [0.29, 0.717) is 0 Å². The predicted molar refractivity (Wildman–Crippen MR) is 39.3 cm³/mol. The molecule has 0 saturated carbocycles. The van der Waals surface area contributed by atoms with Crippen LogP contribution in [0.1, 0.15) is 0 Å². The average Bonchev–Trinajstić information content (AvgIpc) is 1.60. The van der Waals surface area contributed by atoms with Crippen molar-refractivity contribution in [1.82, 2.24) is 0 Å². The number of hydrogen-bond donors (Lipinski definition) is 3. The van der Waals surface area contributed by atoms with Gasteiger partial charge in [0.25, 0.3) is 10.1 Å². The molecular formula is C3H8ClNO5S. The highest BCUT2D eigenvalue weighted by atomic mass is 35.5. The first kappa shape index (κ1) is 13.2. The fraction of sp³-hybridized carbons (Fsp3) is 0.667. The van der Waals surface area contributed by atoms with Gasteiger partial charge in [0.15, 0.2) is 0 Å². The summed E-state index contributed by atoms with van der Waals surface area (Å²) in [4.78, 5) is 9.88. The standard InChI is InChI=1S/C3H7NO5S.ClH/c4-2(3(5)6)1-10(7,8)9;/h2H,1,4H2,(H,5,6)(H,7,8,9);1H/t2-;/m0./s1. The van der Waals surface area contributed by atoms with Gasteiger partial charge in [-0.1, -0.05) is 0 Å². The summed E-state index contributed by atoms with van der Waals surface area (Å²) < 4.78 is 28.0. The highest BCUT2D eigenvalue weighted by molar-refractivity contribution is 7.85. The number of hydrogen-bond acceptors (Lipinski definition) is 4. The quantitative estimate of drug-likeness (QED) is 0.494. The van der Waals surface area contributed by atoms with Crippen LogP contribution in [0, 0.1) is 0 Å². The fourth-order valence-corrected chi connectivity index (χ4v) is 0.895. The van der Waals surface area contributed by atoms with E-state index in [9.17, 15) is 13.2 Å². The minimum atomic E-state index is -4.27. The van der Waals surface area contributed by atoms with Gasteiger partial charge in [-0.25, -0.2) is 0 Å². The molecule has 0 aromatic heterocycles. The van der Waals surface area contributed by atoms with E-state index in [4.69, 9.17) is 15.4 Å². The Morgan fingerprint density at radius 2 is 1.91 bits per heavy atom. The van der Waals surface area contributed by atoms with Crippen LogP contribution in [0.4, 0.5) is 0 Å². The normalized spacial score (nSPS) is 13.3. The number of carboxylic acid groups (broad SMARTS) is 1. The molecule has 1 atom stereocenters. The highest BCUT2D eigenvalue weighted by Gasteiger charge is 2.18. The summed E-state index contributed by atoms with van der Waals surface area (Å²) in [6.07, 6.45) is 0. The summed E-state index contributed by atoms with van der Waals surface area (Å²) >= 11 is 0. The molecule has 0 saturated heterocycles. The molecule has 0 rings (SSSR count). The molecule has 8 heteroatoms. The van der Waals surface area contributed by atoms with Crippen LogP contribution >= 0.6 is 12.4 Å². The van der Waals surface area contributed by atoms with Gasteiger partial charge in [-0.05, 0) is 0 Å². The molecule has 0 aromatic carbocycles. The monoisotopic (exact) mass is 205 g/mol. The zero-order valence-corrected chi connectivity index (χ0v) is 6.93. The third kappa shape index (κ3) is 7.53. The minimum Gasteiger partial charge on any atom is -0.480 e. The van der Waals surface area contributed by atoms with E-state index in [-0.39, 0.29) is 12.4 Å². The van der Waals surface area contributed by atoms with Crippen molar-refractivity contribution in [2.45, 2.75) is 6.04 Å². The lowest BCUT2D eigenvalue weighted by molar-refractivity contribution is -0.138. The molecule has 68 valence electrons. The van der Waals surface area contributed by atoms with Gasteiger partial charge in [-0.2, -0.15) is 8.42 Å². The van der Waals surface area contributed by atoms with Gasteiger partial charge in [0.1, 0.15) is 11.8 Å². The van der Waals surface area contributed by atoms with Gasteiger partial charge in [-0.15, -0.1) is 12.4 Å². The van der Waals surface area contributed by atoms with E-state index in [2.05, 4.69) is 0 Å². The number of halogens is 1. The van der Waals surface area contributed by atoms with Crippen molar-refractivity contribution in [3.8, 4) is 0 Å². The number of aliphatic carboxylic acids is 1. The summed E-state index contributed by atoms with van der Waals surface area (Å²) in [6, 6.07) is -1.56. The molecule has 0 heterocycles. The second kappa shape index (κ2) is 4.50. The lowest BCUT2D eigenvalue weighted by Crippen LogP contribution is -2.36.